The molecule has 2 aliphatic rings. The molecule has 0 radical (unpaired) electrons. The molecule has 128 valence electrons. The minimum Gasteiger partial charge on any atom is -0.436 e. The van der Waals surface area contributed by atoms with Gasteiger partial charge in [0.25, 0.3) is 0 Å². The third-order valence-corrected chi connectivity index (χ3v) is 4.58. The van der Waals surface area contributed by atoms with E-state index in [1.807, 2.05) is 25.1 Å². The van der Waals surface area contributed by atoms with Gasteiger partial charge >= 0.3 is 12.2 Å². The number of carbonyl (C=O) groups is 2. The van der Waals surface area contributed by atoms with Gasteiger partial charge in [0.05, 0.1) is 5.70 Å². The molecule has 1 aromatic carbocycles. The van der Waals surface area contributed by atoms with Gasteiger partial charge in [-0.15, -0.1) is 0 Å². The molecule has 2 heterocycles. The number of hydrogen-bond donors (Lipinski definition) is 0. The van der Waals surface area contributed by atoms with Crippen molar-refractivity contribution in [3.05, 3.63) is 42.6 Å². The van der Waals surface area contributed by atoms with Crippen LogP contribution in [0.5, 0.6) is 5.75 Å². The van der Waals surface area contributed by atoms with Crippen LogP contribution in [-0.2, 0) is 4.74 Å². The molecule has 1 aromatic rings. The van der Waals surface area contributed by atoms with Crippen molar-refractivity contribution < 1.29 is 19.1 Å². The molecule has 0 aromatic heterocycles. The minimum absolute atomic E-state index is 0.331. The molecule has 0 saturated carbocycles. The first kappa shape index (κ1) is 16.4. The molecule has 0 N–H and O–H groups in total. The third-order valence-electron chi connectivity index (χ3n) is 4.58. The first-order chi connectivity index (χ1) is 11.6. The van der Waals surface area contributed by atoms with Crippen LogP contribution in [0.15, 0.2) is 42.6 Å². The van der Waals surface area contributed by atoms with Gasteiger partial charge in [-0.25, -0.2) is 9.59 Å². The normalized spacial score (nSPS) is 19.5. The molecule has 0 aliphatic carbocycles. The monoisotopic (exact) mass is 330 g/mol. The Kier molecular flexibility index (Phi) is 4.46. The second-order valence-corrected chi connectivity index (χ2v) is 6.13. The molecule has 3 rings (SSSR count). The summed E-state index contributed by atoms with van der Waals surface area (Å²) in [7, 11) is 0. The molecule has 6 nitrogen and oxygen atoms in total. The molecule has 24 heavy (non-hydrogen) atoms. The van der Waals surface area contributed by atoms with E-state index in [0.717, 1.165) is 6.42 Å². The van der Waals surface area contributed by atoms with Gasteiger partial charge < -0.3 is 14.4 Å². The number of likely N-dealkylation sites (tertiary alicyclic amines) is 1. The van der Waals surface area contributed by atoms with Crippen molar-refractivity contribution in [3.8, 4) is 5.75 Å². The van der Waals surface area contributed by atoms with Crippen LogP contribution in [0.25, 0.3) is 0 Å². The van der Waals surface area contributed by atoms with Crippen LogP contribution in [0.1, 0.15) is 26.2 Å². The summed E-state index contributed by atoms with van der Waals surface area (Å²) in [5.41, 5.74) is 0.0425. The maximum atomic E-state index is 12.2. The van der Waals surface area contributed by atoms with E-state index in [0.29, 0.717) is 43.9 Å². The number of ether oxygens (including phenoxy) is 2. The largest absolute Gasteiger partial charge is 0.436 e. The summed E-state index contributed by atoms with van der Waals surface area (Å²) in [6, 6.07) is 8.99. The van der Waals surface area contributed by atoms with Gasteiger partial charge in [-0.3, -0.25) is 4.90 Å². The van der Waals surface area contributed by atoms with E-state index in [-0.39, 0.29) is 12.2 Å². The van der Waals surface area contributed by atoms with Crippen molar-refractivity contribution in [3.63, 3.8) is 0 Å². The lowest BCUT2D eigenvalue weighted by molar-refractivity contribution is 0.0187. The van der Waals surface area contributed by atoms with Gasteiger partial charge in [0.15, 0.2) is 5.60 Å². The number of amides is 2. The molecule has 0 atom stereocenters. The predicted molar refractivity (Wildman–Crippen MR) is 88.6 cm³/mol. The number of piperidine rings is 1. The first-order valence-corrected chi connectivity index (χ1v) is 8.27. The van der Waals surface area contributed by atoms with Crippen molar-refractivity contribution in [2.24, 2.45) is 0 Å². The molecule has 0 unspecified atom stereocenters. The van der Waals surface area contributed by atoms with Crippen molar-refractivity contribution in [1.82, 2.24) is 9.80 Å². The Hall–Kier alpha value is -2.50. The van der Waals surface area contributed by atoms with E-state index in [1.165, 1.54) is 0 Å². The maximum absolute atomic E-state index is 12.2. The summed E-state index contributed by atoms with van der Waals surface area (Å²) < 4.78 is 11.0. The average Bonchev–Trinajstić information content (AvgIpc) is 2.81. The van der Waals surface area contributed by atoms with E-state index in [9.17, 15) is 9.59 Å². The Morgan fingerprint density at radius 3 is 2.58 bits per heavy atom. The SMILES string of the molecule is C=C1N(CCC)C(=O)OC12CCN(C(=O)Oc1ccccc1)CC2. The highest BCUT2D eigenvalue weighted by atomic mass is 16.6. The van der Waals surface area contributed by atoms with Crippen LogP contribution in [0.4, 0.5) is 9.59 Å². The van der Waals surface area contributed by atoms with Gasteiger partial charge in [0.2, 0.25) is 0 Å². The van der Waals surface area contributed by atoms with E-state index >= 15 is 0 Å². The molecule has 0 bridgehead atoms. The van der Waals surface area contributed by atoms with Crippen LogP contribution < -0.4 is 4.74 Å². The highest BCUT2D eigenvalue weighted by molar-refractivity contribution is 5.75. The summed E-state index contributed by atoms with van der Waals surface area (Å²) >= 11 is 0. The fraction of sp³-hybridized carbons (Fsp3) is 0.444. The van der Waals surface area contributed by atoms with Gasteiger partial charge in [-0.2, -0.15) is 0 Å². The maximum Gasteiger partial charge on any atom is 0.415 e. The number of nitrogens with zero attached hydrogens (tertiary/aromatic N) is 2. The number of para-hydroxylation sites is 1. The lowest BCUT2D eigenvalue weighted by Crippen LogP contribution is -2.48. The summed E-state index contributed by atoms with van der Waals surface area (Å²) in [4.78, 5) is 27.5. The lowest BCUT2D eigenvalue weighted by atomic mass is 9.88. The Morgan fingerprint density at radius 1 is 1.29 bits per heavy atom. The van der Waals surface area contributed by atoms with E-state index in [4.69, 9.17) is 9.47 Å². The first-order valence-electron chi connectivity index (χ1n) is 8.27. The van der Waals surface area contributed by atoms with E-state index in [1.54, 1.807) is 21.9 Å². The van der Waals surface area contributed by atoms with Crippen LogP contribution in [0, 0.1) is 0 Å². The lowest BCUT2D eigenvalue weighted by Gasteiger charge is -2.37. The van der Waals surface area contributed by atoms with Crippen molar-refractivity contribution >= 4 is 12.2 Å². The second-order valence-electron chi connectivity index (χ2n) is 6.13. The van der Waals surface area contributed by atoms with Crippen LogP contribution in [0.2, 0.25) is 0 Å². The summed E-state index contributed by atoms with van der Waals surface area (Å²) in [6.07, 6.45) is 1.22. The number of benzene rings is 1. The van der Waals surface area contributed by atoms with Gasteiger partial charge in [-0.05, 0) is 18.6 Å². The molecule has 2 aliphatic heterocycles. The molecule has 1 spiro atoms. The molecule has 6 heteroatoms. The number of carbonyl (C=O) groups excluding carboxylic acids is 2. The Labute approximate surface area is 141 Å². The zero-order chi connectivity index (χ0) is 17.2. The Balaban J connectivity index is 1.60. The highest BCUT2D eigenvalue weighted by Crippen LogP contribution is 2.40. The average molecular weight is 330 g/mol. The summed E-state index contributed by atoms with van der Waals surface area (Å²) in [5, 5.41) is 0. The van der Waals surface area contributed by atoms with Crippen molar-refractivity contribution in [1.29, 1.82) is 0 Å². The number of hydrogen-bond acceptors (Lipinski definition) is 4. The zero-order valence-electron chi connectivity index (χ0n) is 13.9. The van der Waals surface area contributed by atoms with E-state index in [2.05, 4.69) is 6.58 Å². The van der Waals surface area contributed by atoms with Gasteiger partial charge in [0, 0.05) is 32.5 Å². The fourth-order valence-electron chi connectivity index (χ4n) is 3.18. The third kappa shape index (κ3) is 2.96. The standard InChI is InChI=1S/C18H22N2O4/c1-3-11-20-14(2)18(24-17(20)22)9-12-19(13-10-18)16(21)23-15-7-5-4-6-8-15/h4-8H,2-3,9-13H2,1H3. The van der Waals surface area contributed by atoms with Crippen molar-refractivity contribution in [2.45, 2.75) is 31.8 Å². The van der Waals surface area contributed by atoms with Crippen LogP contribution >= 0.6 is 0 Å². The van der Waals surface area contributed by atoms with Crippen molar-refractivity contribution in [2.75, 3.05) is 19.6 Å². The zero-order valence-corrected chi connectivity index (χ0v) is 13.9. The molecule has 2 saturated heterocycles. The molecular weight excluding hydrogens is 308 g/mol. The number of rotatable bonds is 3. The molecule has 2 fully saturated rings. The predicted octanol–water partition coefficient (Wildman–Crippen LogP) is 3.40. The minimum atomic E-state index is -0.671. The molecular formula is C18H22N2O4. The van der Waals surface area contributed by atoms with Gasteiger partial charge in [0.1, 0.15) is 5.75 Å². The summed E-state index contributed by atoms with van der Waals surface area (Å²) in [5.74, 6) is 0.522. The Bertz CT molecular complexity index is 636. The second kappa shape index (κ2) is 6.55. The molecule has 2 amide bonds. The highest BCUT2D eigenvalue weighted by Gasteiger charge is 2.50. The summed E-state index contributed by atoms with van der Waals surface area (Å²) in [6.45, 7) is 7.62. The van der Waals surface area contributed by atoms with Crippen LogP contribution in [-0.4, -0.2) is 47.2 Å². The van der Waals surface area contributed by atoms with Gasteiger partial charge in [-0.1, -0.05) is 31.7 Å². The van der Waals surface area contributed by atoms with Crippen LogP contribution in [0.3, 0.4) is 0 Å². The van der Waals surface area contributed by atoms with E-state index < -0.39 is 5.60 Å². The fourth-order valence-corrected chi connectivity index (χ4v) is 3.18. The quantitative estimate of drug-likeness (QED) is 0.852. The topological polar surface area (TPSA) is 59.1 Å². The smallest absolute Gasteiger partial charge is 0.415 e. The Morgan fingerprint density at radius 2 is 1.96 bits per heavy atom.